The maximum absolute atomic E-state index is 12.2. The molecule has 7 aromatic rings. The highest BCUT2D eigenvalue weighted by Gasteiger charge is 2.17. The van der Waals surface area contributed by atoms with Crippen molar-refractivity contribution in [1.82, 2.24) is 5.32 Å². The van der Waals surface area contributed by atoms with Gasteiger partial charge in [-0.25, -0.2) is 4.99 Å². The van der Waals surface area contributed by atoms with Gasteiger partial charge in [-0.2, -0.15) is 0 Å². The number of rotatable bonds is 8. The summed E-state index contributed by atoms with van der Waals surface area (Å²) >= 11 is 0. The summed E-state index contributed by atoms with van der Waals surface area (Å²) < 4.78 is 12.2. The zero-order chi connectivity index (χ0) is 30.8. The zero-order valence-corrected chi connectivity index (χ0v) is 25.9. The summed E-state index contributed by atoms with van der Waals surface area (Å²) in [4.78, 5) is 5.06. The first kappa shape index (κ1) is 28.6. The first-order chi connectivity index (χ1) is 22.0. The van der Waals surface area contributed by atoms with Gasteiger partial charge in [-0.15, -0.1) is 0 Å². The molecule has 3 N–H and O–H groups in total. The molecule has 0 radical (unpaired) electrons. The highest BCUT2D eigenvalue weighted by molar-refractivity contribution is 7.52. The van der Waals surface area contributed by atoms with Crippen LogP contribution in [0.1, 0.15) is 22.9 Å². The Morgan fingerprint density at radius 3 is 2.16 bits per heavy atom. The van der Waals surface area contributed by atoms with Gasteiger partial charge in [-0.1, -0.05) is 126 Å². The summed E-state index contributed by atoms with van der Waals surface area (Å²) in [5, 5.41) is 12.0. The molecule has 0 heterocycles. The molecule has 0 amide bonds. The third-order valence-corrected chi connectivity index (χ3v) is 9.44. The van der Waals surface area contributed by atoms with Gasteiger partial charge in [0.2, 0.25) is 0 Å². The predicted molar refractivity (Wildman–Crippen MR) is 191 cm³/mol. The number of nitrogens with zero attached hydrogens (tertiary/aromatic N) is 1. The number of fused-ring (bicyclic) bond motifs is 4. The van der Waals surface area contributed by atoms with E-state index in [0.717, 1.165) is 27.6 Å². The fraction of sp³-hybridized carbons (Fsp3) is 0.0750. The van der Waals surface area contributed by atoms with E-state index in [1.165, 1.54) is 37.9 Å². The molecule has 7 rings (SSSR count). The first-order valence-corrected chi connectivity index (χ1v) is 16.8. The SMILES string of the molecule is C[P+](=O)c1cccc(-c2cccc(C(N=C(N)c3ccccc3)NCc3c4ccccc4cc4c3ccc3ccccc34)c2)c1. The van der Waals surface area contributed by atoms with Crippen LogP contribution in [0.15, 0.2) is 151 Å². The van der Waals surface area contributed by atoms with E-state index in [4.69, 9.17) is 10.7 Å². The second-order valence-corrected chi connectivity index (χ2v) is 12.8. The number of aliphatic imine (C=N–C) groups is 1. The number of nitrogens with one attached hydrogen (secondary N) is 1. The van der Waals surface area contributed by atoms with Crippen molar-refractivity contribution in [1.29, 1.82) is 0 Å². The summed E-state index contributed by atoms with van der Waals surface area (Å²) in [6.45, 7) is 2.33. The van der Waals surface area contributed by atoms with Crippen molar-refractivity contribution in [2.75, 3.05) is 6.66 Å². The van der Waals surface area contributed by atoms with E-state index in [1.807, 2.05) is 54.6 Å². The maximum atomic E-state index is 12.2. The van der Waals surface area contributed by atoms with Crippen molar-refractivity contribution in [3.8, 4) is 11.1 Å². The molecular weight excluding hydrogens is 569 g/mol. The van der Waals surface area contributed by atoms with Crippen molar-refractivity contribution < 1.29 is 4.57 Å². The van der Waals surface area contributed by atoms with Gasteiger partial charge in [0, 0.05) is 12.1 Å². The first-order valence-electron chi connectivity index (χ1n) is 15.1. The Morgan fingerprint density at radius 1 is 0.667 bits per heavy atom. The summed E-state index contributed by atoms with van der Waals surface area (Å²) in [5.74, 6) is 0.470. The Hall–Kier alpha value is -5.15. The van der Waals surface area contributed by atoms with Crippen LogP contribution < -0.4 is 16.4 Å². The Labute approximate surface area is 264 Å². The second-order valence-electron chi connectivity index (χ2n) is 11.3. The number of amidine groups is 1. The zero-order valence-electron chi connectivity index (χ0n) is 25.0. The molecule has 218 valence electrons. The summed E-state index contributed by atoms with van der Waals surface area (Å²) in [6.07, 6.45) is -0.411. The second kappa shape index (κ2) is 12.5. The van der Waals surface area contributed by atoms with Crippen LogP contribution in [0.3, 0.4) is 0 Å². The number of hydrogen-bond acceptors (Lipinski definition) is 3. The van der Waals surface area contributed by atoms with E-state index in [0.29, 0.717) is 12.4 Å². The van der Waals surface area contributed by atoms with Crippen LogP contribution in [0.2, 0.25) is 0 Å². The number of nitrogens with two attached hydrogens (primary N) is 1. The standard InChI is InChI=1S/C40H33N3OP/c1-45(44)33-18-10-16-30(24-33)29-15-9-17-32(23-29)40(43-39(41)28-12-3-2-4-13-28)42-26-38-35-20-8-6-14-31(35)25-37-34-19-7-5-11-27(34)21-22-36(37)38/h2-25,40,42H,26H2,1H3,(H2,41,43)/q+1. The normalized spacial score (nSPS) is 12.9. The molecule has 0 saturated heterocycles. The highest BCUT2D eigenvalue weighted by atomic mass is 31.1. The topological polar surface area (TPSA) is 67.5 Å². The lowest BCUT2D eigenvalue weighted by Gasteiger charge is -2.20. The molecule has 2 atom stereocenters. The van der Waals surface area contributed by atoms with E-state index in [-0.39, 0.29) is 0 Å². The predicted octanol–water partition coefficient (Wildman–Crippen LogP) is 9.09. The summed E-state index contributed by atoms with van der Waals surface area (Å²) in [7, 11) is -1.43. The quantitative estimate of drug-likeness (QED) is 0.0600. The molecule has 0 aliphatic rings. The molecule has 7 aromatic carbocycles. The van der Waals surface area contributed by atoms with Gasteiger partial charge in [0.25, 0.3) is 0 Å². The fourth-order valence-electron chi connectivity index (χ4n) is 6.13. The Morgan fingerprint density at radius 2 is 1.36 bits per heavy atom. The smallest absolute Gasteiger partial charge is 0.373 e. The van der Waals surface area contributed by atoms with Gasteiger partial charge in [-0.05, 0) is 78.8 Å². The Kier molecular flexibility index (Phi) is 7.92. The molecular formula is C40H33N3OP+. The summed E-state index contributed by atoms with van der Waals surface area (Å²) in [5.41, 5.74) is 11.8. The fourth-order valence-corrected chi connectivity index (χ4v) is 6.75. The minimum atomic E-state index is -1.43. The van der Waals surface area contributed by atoms with Gasteiger partial charge in [0.05, 0.1) is 0 Å². The van der Waals surface area contributed by atoms with Crippen LogP contribution in [-0.2, 0) is 11.1 Å². The van der Waals surface area contributed by atoms with E-state index in [9.17, 15) is 4.57 Å². The molecule has 45 heavy (non-hydrogen) atoms. The van der Waals surface area contributed by atoms with Crippen LogP contribution in [0.4, 0.5) is 0 Å². The van der Waals surface area contributed by atoms with E-state index in [2.05, 4.69) is 96.3 Å². The molecule has 2 unspecified atom stereocenters. The van der Waals surface area contributed by atoms with Gasteiger partial charge in [0.15, 0.2) is 5.30 Å². The van der Waals surface area contributed by atoms with Crippen molar-refractivity contribution in [3.05, 3.63) is 162 Å². The summed E-state index contributed by atoms with van der Waals surface area (Å²) in [6, 6.07) is 50.1. The van der Waals surface area contributed by atoms with Crippen LogP contribution >= 0.6 is 7.80 Å². The van der Waals surface area contributed by atoms with E-state index < -0.39 is 14.0 Å². The van der Waals surface area contributed by atoms with Crippen LogP contribution in [0.5, 0.6) is 0 Å². The third kappa shape index (κ3) is 5.86. The molecule has 0 saturated carbocycles. The van der Waals surface area contributed by atoms with Crippen LogP contribution in [0.25, 0.3) is 43.4 Å². The van der Waals surface area contributed by atoms with E-state index in [1.54, 1.807) is 6.66 Å². The Bertz CT molecular complexity index is 2230. The molecule has 0 bridgehead atoms. The lowest BCUT2D eigenvalue weighted by molar-refractivity contribution is 0.557. The van der Waals surface area contributed by atoms with Crippen LogP contribution in [0, 0.1) is 0 Å². The molecule has 4 nitrogen and oxygen atoms in total. The largest absolute Gasteiger partial charge is 0.383 e. The molecule has 0 spiro atoms. The highest BCUT2D eigenvalue weighted by Crippen LogP contribution is 2.34. The number of benzene rings is 7. The lowest BCUT2D eigenvalue weighted by Crippen LogP contribution is -2.24. The minimum Gasteiger partial charge on any atom is -0.383 e. The molecule has 0 aliphatic heterocycles. The minimum absolute atomic E-state index is 0.411. The maximum Gasteiger partial charge on any atom is 0.373 e. The molecule has 0 aliphatic carbocycles. The molecule has 0 aromatic heterocycles. The number of hydrogen-bond donors (Lipinski definition) is 2. The van der Waals surface area contributed by atoms with E-state index >= 15 is 0 Å². The van der Waals surface area contributed by atoms with Gasteiger partial charge < -0.3 is 5.73 Å². The molecule has 0 fully saturated rings. The van der Waals surface area contributed by atoms with Gasteiger partial charge >= 0.3 is 7.80 Å². The Balaban J connectivity index is 1.33. The van der Waals surface area contributed by atoms with Crippen molar-refractivity contribution in [3.63, 3.8) is 0 Å². The van der Waals surface area contributed by atoms with Crippen molar-refractivity contribution in [2.24, 2.45) is 10.7 Å². The molecule has 5 heteroatoms. The van der Waals surface area contributed by atoms with Crippen molar-refractivity contribution >= 4 is 51.3 Å². The van der Waals surface area contributed by atoms with Gasteiger partial charge in [-0.3, -0.25) is 5.32 Å². The average Bonchev–Trinajstić information content (AvgIpc) is 3.09. The van der Waals surface area contributed by atoms with Crippen molar-refractivity contribution in [2.45, 2.75) is 12.7 Å². The monoisotopic (exact) mass is 602 g/mol. The van der Waals surface area contributed by atoms with Gasteiger partial charge in [0.1, 0.15) is 18.7 Å². The lowest BCUT2D eigenvalue weighted by atomic mass is 9.93. The van der Waals surface area contributed by atoms with Crippen LogP contribution in [-0.4, -0.2) is 12.5 Å². The third-order valence-electron chi connectivity index (χ3n) is 8.44. The average molecular weight is 603 g/mol.